The van der Waals surface area contributed by atoms with Crippen molar-refractivity contribution in [3.63, 3.8) is 0 Å². The zero-order valence-corrected chi connectivity index (χ0v) is 8.97. The first-order chi connectivity index (χ1) is 6.63. The first-order valence-electron chi connectivity index (χ1n) is 4.40. The first-order valence-corrected chi connectivity index (χ1v) is 4.78. The average Bonchev–Trinajstić information content (AvgIpc) is 2.12. The van der Waals surface area contributed by atoms with Gasteiger partial charge in [-0.25, -0.2) is 0 Å². The number of carbonyl (C=O) groups is 1. The van der Waals surface area contributed by atoms with E-state index in [1.807, 2.05) is 6.92 Å². The third kappa shape index (κ3) is 3.00. The molecule has 0 atom stereocenters. The second-order valence-corrected chi connectivity index (χ2v) is 3.31. The van der Waals surface area contributed by atoms with Crippen LogP contribution in [0.3, 0.4) is 0 Å². The second kappa shape index (κ2) is 4.96. The lowest BCUT2D eigenvalue weighted by Gasteiger charge is -2.02. The van der Waals surface area contributed by atoms with Gasteiger partial charge in [0.15, 0.2) is 0 Å². The summed E-state index contributed by atoms with van der Waals surface area (Å²) in [5, 5.41) is 0.624. The number of carbonyl (C=O) groups excluding carboxylic acids is 1. The topological polar surface area (TPSA) is 39.2 Å². The molecule has 0 radical (unpaired) electrons. The number of nitrogens with zero attached hydrogens (tertiary/aromatic N) is 1. The van der Waals surface area contributed by atoms with Crippen molar-refractivity contribution >= 4 is 17.6 Å². The number of aryl methyl sites for hydroxylation is 1. The lowest BCUT2D eigenvalue weighted by atomic mass is 10.2. The number of hydrogen-bond donors (Lipinski definition) is 0. The van der Waals surface area contributed by atoms with E-state index in [9.17, 15) is 4.79 Å². The molecular formula is C10H12ClNO2. The van der Waals surface area contributed by atoms with Gasteiger partial charge in [0.05, 0.1) is 18.7 Å². The van der Waals surface area contributed by atoms with Gasteiger partial charge in [0.1, 0.15) is 0 Å². The van der Waals surface area contributed by atoms with Crippen LogP contribution in [0.5, 0.6) is 0 Å². The molecule has 0 aliphatic carbocycles. The van der Waals surface area contributed by atoms with Crippen molar-refractivity contribution in [2.45, 2.75) is 20.3 Å². The van der Waals surface area contributed by atoms with Gasteiger partial charge in [0, 0.05) is 11.2 Å². The number of halogens is 1. The number of hydrogen-bond acceptors (Lipinski definition) is 3. The predicted octanol–water partition coefficient (Wildman–Crippen LogP) is 2.15. The highest BCUT2D eigenvalue weighted by molar-refractivity contribution is 6.31. The van der Waals surface area contributed by atoms with E-state index in [2.05, 4.69) is 4.98 Å². The largest absolute Gasteiger partial charge is 0.466 e. The molecule has 1 aromatic rings. The zero-order chi connectivity index (χ0) is 10.6. The highest BCUT2D eigenvalue weighted by Gasteiger charge is 2.06. The summed E-state index contributed by atoms with van der Waals surface area (Å²) in [6, 6.07) is 1.69. The SMILES string of the molecule is CCOC(=O)Cc1cc(Cl)c(C)cn1. The molecule has 0 amide bonds. The summed E-state index contributed by atoms with van der Waals surface area (Å²) >= 11 is 5.88. The Kier molecular flexibility index (Phi) is 3.89. The Balaban J connectivity index is 2.68. The minimum Gasteiger partial charge on any atom is -0.466 e. The molecule has 0 aromatic carbocycles. The third-order valence-corrected chi connectivity index (χ3v) is 2.13. The summed E-state index contributed by atoms with van der Waals surface area (Å²) in [5.41, 5.74) is 1.54. The van der Waals surface area contributed by atoms with Crippen molar-refractivity contribution in [3.05, 3.63) is 28.5 Å². The molecule has 76 valence electrons. The number of rotatable bonds is 3. The van der Waals surface area contributed by atoms with Crippen LogP contribution in [0.25, 0.3) is 0 Å². The van der Waals surface area contributed by atoms with Crippen molar-refractivity contribution in [2.75, 3.05) is 6.61 Å². The van der Waals surface area contributed by atoms with E-state index in [0.717, 1.165) is 5.56 Å². The highest BCUT2D eigenvalue weighted by atomic mass is 35.5. The van der Waals surface area contributed by atoms with Gasteiger partial charge in [-0.1, -0.05) is 11.6 Å². The fourth-order valence-corrected chi connectivity index (χ4v) is 1.17. The Bertz CT molecular complexity index is 339. The van der Waals surface area contributed by atoms with Crippen LogP contribution in [-0.4, -0.2) is 17.6 Å². The molecule has 0 aliphatic heterocycles. The molecule has 0 aliphatic rings. The van der Waals surface area contributed by atoms with Crippen LogP contribution in [0.4, 0.5) is 0 Å². The maximum absolute atomic E-state index is 11.1. The van der Waals surface area contributed by atoms with Gasteiger partial charge in [0.25, 0.3) is 0 Å². The molecular weight excluding hydrogens is 202 g/mol. The molecule has 0 saturated carbocycles. The fraction of sp³-hybridized carbons (Fsp3) is 0.400. The van der Waals surface area contributed by atoms with Gasteiger partial charge in [0.2, 0.25) is 0 Å². The van der Waals surface area contributed by atoms with Crippen molar-refractivity contribution in [3.8, 4) is 0 Å². The molecule has 1 aromatic heterocycles. The summed E-state index contributed by atoms with van der Waals surface area (Å²) in [6.07, 6.45) is 1.82. The fourth-order valence-electron chi connectivity index (χ4n) is 0.995. The Morgan fingerprint density at radius 1 is 1.64 bits per heavy atom. The number of pyridine rings is 1. The van der Waals surface area contributed by atoms with Crippen molar-refractivity contribution in [1.82, 2.24) is 4.98 Å². The molecule has 14 heavy (non-hydrogen) atoms. The van der Waals surface area contributed by atoms with Crippen molar-refractivity contribution in [1.29, 1.82) is 0 Å². The average molecular weight is 214 g/mol. The summed E-state index contributed by atoms with van der Waals surface area (Å²) < 4.78 is 4.79. The van der Waals surface area contributed by atoms with Crippen molar-refractivity contribution < 1.29 is 9.53 Å². The summed E-state index contributed by atoms with van der Waals surface area (Å²) in [6.45, 7) is 4.02. The first kappa shape index (κ1) is 11.0. The third-order valence-electron chi connectivity index (χ3n) is 1.72. The molecule has 0 N–H and O–H groups in total. The number of aromatic nitrogens is 1. The van der Waals surface area contributed by atoms with Gasteiger partial charge >= 0.3 is 5.97 Å². The normalized spacial score (nSPS) is 9.93. The highest BCUT2D eigenvalue weighted by Crippen LogP contribution is 2.14. The Morgan fingerprint density at radius 3 is 2.93 bits per heavy atom. The molecule has 0 saturated heterocycles. The van der Waals surface area contributed by atoms with E-state index >= 15 is 0 Å². The zero-order valence-electron chi connectivity index (χ0n) is 8.21. The van der Waals surface area contributed by atoms with Gasteiger partial charge in [-0.15, -0.1) is 0 Å². The minimum atomic E-state index is -0.278. The maximum Gasteiger partial charge on any atom is 0.311 e. The Morgan fingerprint density at radius 2 is 2.36 bits per heavy atom. The maximum atomic E-state index is 11.1. The quantitative estimate of drug-likeness (QED) is 0.723. The molecule has 0 fully saturated rings. The van der Waals surface area contributed by atoms with E-state index in [1.165, 1.54) is 0 Å². The monoisotopic (exact) mass is 213 g/mol. The standard InChI is InChI=1S/C10H12ClNO2/c1-3-14-10(13)5-8-4-9(11)7(2)6-12-8/h4,6H,3,5H2,1-2H3. The summed E-state index contributed by atoms with van der Waals surface area (Å²) in [5.74, 6) is -0.278. The van der Waals surface area contributed by atoms with Crippen LogP contribution in [0.1, 0.15) is 18.2 Å². The molecule has 4 heteroatoms. The Labute approximate surface area is 88.1 Å². The van der Waals surface area contributed by atoms with E-state index in [0.29, 0.717) is 17.3 Å². The van der Waals surface area contributed by atoms with Gasteiger partial charge in [-0.2, -0.15) is 0 Å². The molecule has 3 nitrogen and oxygen atoms in total. The van der Waals surface area contributed by atoms with E-state index in [1.54, 1.807) is 19.2 Å². The smallest absolute Gasteiger partial charge is 0.311 e. The lowest BCUT2D eigenvalue weighted by molar-refractivity contribution is -0.142. The van der Waals surface area contributed by atoms with E-state index in [4.69, 9.17) is 16.3 Å². The number of esters is 1. The van der Waals surface area contributed by atoms with Crippen LogP contribution in [0.15, 0.2) is 12.3 Å². The summed E-state index contributed by atoms with van der Waals surface area (Å²) in [4.78, 5) is 15.2. The van der Waals surface area contributed by atoms with Crippen molar-refractivity contribution in [2.24, 2.45) is 0 Å². The molecule has 0 bridgehead atoms. The van der Waals surface area contributed by atoms with Crippen LogP contribution in [0, 0.1) is 6.92 Å². The van der Waals surface area contributed by atoms with Crippen LogP contribution in [0.2, 0.25) is 5.02 Å². The number of ether oxygens (including phenoxy) is 1. The lowest BCUT2D eigenvalue weighted by Crippen LogP contribution is -2.08. The second-order valence-electron chi connectivity index (χ2n) is 2.91. The molecule has 0 unspecified atom stereocenters. The molecule has 0 spiro atoms. The van der Waals surface area contributed by atoms with Gasteiger partial charge in [-0.05, 0) is 25.5 Å². The Hall–Kier alpha value is -1.09. The van der Waals surface area contributed by atoms with Crippen LogP contribution in [-0.2, 0) is 16.0 Å². The van der Waals surface area contributed by atoms with E-state index in [-0.39, 0.29) is 12.4 Å². The molecule has 1 heterocycles. The van der Waals surface area contributed by atoms with E-state index < -0.39 is 0 Å². The minimum absolute atomic E-state index is 0.174. The van der Waals surface area contributed by atoms with Gasteiger partial charge < -0.3 is 4.74 Å². The summed E-state index contributed by atoms with van der Waals surface area (Å²) in [7, 11) is 0. The van der Waals surface area contributed by atoms with Gasteiger partial charge in [-0.3, -0.25) is 9.78 Å². The molecule has 1 rings (SSSR count). The van der Waals surface area contributed by atoms with Crippen LogP contribution < -0.4 is 0 Å². The predicted molar refractivity (Wildman–Crippen MR) is 54.3 cm³/mol. The van der Waals surface area contributed by atoms with Crippen LogP contribution >= 0.6 is 11.6 Å².